The van der Waals surface area contributed by atoms with Crippen LogP contribution in [0.4, 0.5) is 5.69 Å². The summed E-state index contributed by atoms with van der Waals surface area (Å²) in [6.45, 7) is 0. The molecule has 0 N–H and O–H groups in total. The monoisotopic (exact) mass is 251 g/mol. The second kappa shape index (κ2) is 4.00. The summed E-state index contributed by atoms with van der Waals surface area (Å²) in [4.78, 5) is 5.62. The van der Waals surface area contributed by atoms with Crippen LogP contribution < -0.4 is 4.90 Å². The van der Waals surface area contributed by atoms with Crippen LogP contribution in [0.1, 0.15) is 18.5 Å². The molecule has 0 bridgehead atoms. The van der Waals surface area contributed by atoms with E-state index in [1.807, 2.05) is 6.07 Å². The van der Waals surface area contributed by atoms with Crippen molar-refractivity contribution in [3.63, 3.8) is 0 Å². The molecule has 1 fully saturated rings. The van der Waals surface area contributed by atoms with E-state index in [1.165, 1.54) is 6.20 Å². The molecule has 0 aliphatic heterocycles. The van der Waals surface area contributed by atoms with Crippen LogP contribution in [0.3, 0.4) is 0 Å². The maximum absolute atomic E-state index is 12.3. The van der Waals surface area contributed by atoms with Gasteiger partial charge in [-0.05, 0) is 18.9 Å². The zero-order valence-electron chi connectivity index (χ0n) is 9.71. The molecule has 5 nitrogen and oxygen atoms in total. The summed E-state index contributed by atoms with van der Waals surface area (Å²) in [7, 11) is 0.0939. The Balaban J connectivity index is 2.69. The lowest BCUT2D eigenvalue weighted by molar-refractivity contribution is 0.594. The number of nitrogens with zero attached hydrogens (tertiary/aromatic N) is 3. The number of anilines is 1. The van der Waals surface area contributed by atoms with E-state index in [4.69, 9.17) is 5.26 Å². The van der Waals surface area contributed by atoms with Crippen LogP contribution in [0.5, 0.6) is 0 Å². The Morgan fingerprint density at radius 3 is 2.59 bits per heavy atom. The largest absolute Gasteiger partial charge is 0.376 e. The van der Waals surface area contributed by atoms with Gasteiger partial charge in [0.15, 0.2) is 15.5 Å². The molecule has 1 aromatic rings. The Morgan fingerprint density at radius 2 is 2.12 bits per heavy atom. The molecule has 0 amide bonds. The first kappa shape index (κ1) is 11.9. The molecule has 90 valence electrons. The average molecular weight is 251 g/mol. The van der Waals surface area contributed by atoms with Crippen molar-refractivity contribution >= 4 is 15.5 Å². The van der Waals surface area contributed by atoms with Crippen molar-refractivity contribution in [3.8, 4) is 6.07 Å². The summed E-state index contributed by atoms with van der Waals surface area (Å²) in [5.41, 5.74) is 0.520. The fourth-order valence-electron chi connectivity index (χ4n) is 1.70. The smallest absolute Gasteiger partial charge is 0.186 e. The van der Waals surface area contributed by atoms with Gasteiger partial charge in [0.2, 0.25) is 0 Å². The van der Waals surface area contributed by atoms with Crippen LogP contribution in [-0.4, -0.2) is 32.7 Å². The topological polar surface area (TPSA) is 74.1 Å². The first-order valence-electron chi connectivity index (χ1n) is 5.29. The Bertz CT molecular complexity index is 583. The zero-order valence-corrected chi connectivity index (χ0v) is 10.5. The number of aromatic nitrogens is 1. The molecule has 0 radical (unpaired) electrons. The zero-order chi connectivity index (χ0) is 12.6. The summed E-state index contributed by atoms with van der Waals surface area (Å²) < 4.78 is 24.6. The van der Waals surface area contributed by atoms with E-state index in [9.17, 15) is 8.42 Å². The fraction of sp³-hybridized carbons (Fsp3) is 0.455. The van der Waals surface area contributed by atoms with E-state index < -0.39 is 9.84 Å². The Labute approximate surface area is 101 Å². The van der Waals surface area contributed by atoms with Crippen molar-refractivity contribution in [2.45, 2.75) is 23.0 Å². The highest BCUT2D eigenvalue weighted by Crippen LogP contribution is 2.38. The summed E-state index contributed by atoms with van der Waals surface area (Å²) in [5.74, 6) is 0. The van der Waals surface area contributed by atoms with E-state index in [-0.39, 0.29) is 15.8 Å². The van der Waals surface area contributed by atoms with Gasteiger partial charge in [0.1, 0.15) is 11.0 Å². The molecular weight excluding hydrogens is 238 g/mol. The van der Waals surface area contributed by atoms with Crippen LogP contribution in [0.15, 0.2) is 17.2 Å². The van der Waals surface area contributed by atoms with Gasteiger partial charge < -0.3 is 4.90 Å². The van der Waals surface area contributed by atoms with E-state index >= 15 is 0 Å². The van der Waals surface area contributed by atoms with E-state index in [0.29, 0.717) is 18.5 Å². The minimum Gasteiger partial charge on any atom is -0.376 e. The summed E-state index contributed by atoms with van der Waals surface area (Å²) >= 11 is 0. The maximum atomic E-state index is 12.3. The lowest BCUT2D eigenvalue weighted by Gasteiger charge is -2.17. The first-order valence-corrected chi connectivity index (χ1v) is 6.83. The van der Waals surface area contributed by atoms with E-state index in [0.717, 1.165) is 0 Å². The quantitative estimate of drug-likeness (QED) is 0.799. The van der Waals surface area contributed by atoms with Crippen molar-refractivity contribution in [1.29, 1.82) is 5.26 Å². The SMILES string of the molecule is CN(C)c1ccnc(C#N)c1S(=O)(=O)C1CC1. The molecule has 17 heavy (non-hydrogen) atoms. The van der Waals surface area contributed by atoms with Gasteiger partial charge in [0.05, 0.1) is 10.9 Å². The number of nitriles is 1. The predicted octanol–water partition coefficient (Wildman–Crippen LogP) is 0.955. The van der Waals surface area contributed by atoms with Crippen LogP contribution in [0, 0.1) is 11.3 Å². The molecule has 0 spiro atoms. The summed E-state index contributed by atoms with van der Waals surface area (Å²) in [6.07, 6.45) is 2.81. The Kier molecular flexibility index (Phi) is 2.79. The number of sulfone groups is 1. The van der Waals surface area contributed by atoms with Crippen molar-refractivity contribution in [2.24, 2.45) is 0 Å². The van der Waals surface area contributed by atoms with Crippen molar-refractivity contribution in [2.75, 3.05) is 19.0 Å². The van der Waals surface area contributed by atoms with E-state index in [2.05, 4.69) is 4.98 Å². The molecule has 0 aromatic carbocycles. The van der Waals surface area contributed by atoms with E-state index in [1.54, 1.807) is 25.1 Å². The van der Waals surface area contributed by atoms with Gasteiger partial charge in [-0.15, -0.1) is 0 Å². The highest BCUT2D eigenvalue weighted by molar-refractivity contribution is 7.92. The number of rotatable bonds is 3. The Hall–Kier alpha value is -1.61. The molecular formula is C11H13N3O2S. The van der Waals surface area contributed by atoms with Gasteiger partial charge in [0.25, 0.3) is 0 Å². The minimum absolute atomic E-state index is 0.0110. The average Bonchev–Trinajstić information content (AvgIpc) is 3.11. The molecule has 0 unspecified atom stereocenters. The molecule has 6 heteroatoms. The molecule has 1 aliphatic carbocycles. The van der Waals surface area contributed by atoms with Crippen molar-refractivity contribution in [1.82, 2.24) is 4.98 Å². The lowest BCUT2D eigenvalue weighted by Crippen LogP contribution is -2.18. The molecule has 1 saturated carbocycles. The van der Waals surface area contributed by atoms with Crippen LogP contribution in [0.25, 0.3) is 0 Å². The van der Waals surface area contributed by atoms with Crippen LogP contribution >= 0.6 is 0 Å². The summed E-state index contributed by atoms with van der Waals surface area (Å²) in [5, 5.41) is 8.66. The predicted molar refractivity (Wildman–Crippen MR) is 63.5 cm³/mol. The second-order valence-corrected chi connectivity index (χ2v) is 6.42. The molecule has 1 aromatic heterocycles. The Morgan fingerprint density at radius 1 is 1.47 bits per heavy atom. The molecule has 0 atom stereocenters. The molecule has 0 saturated heterocycles. The number of pyridine rings is 1. The fourth-order valence-corrected chi connectivity index (χ4v) is 3.70. The second-order valence-electron chi connectivity index (χ2n) is 4.26. The minimum atomic E-state index is -3.41. The van der Waals surface area contributed by atoms with Gasteiger partial charge >= 0.3 is 0 Å². The highest BCUT2D eigenvalue weighted by Gasteiger charge is 2.40. The third-order valence-corrected chi connectivity index (χ3v) is 5.04. The van der Waals surface area contributed by atoms with Gasteiger partial charge in [0, 0.05) is 20.3 Å². The van der Waals surface area contributed by atoms with Gasteiger partial charge in [-0.2, -0.15) is 5.26 Å². The van der Waals surface area contributed by atoms with Crippen molar-refractivity contribution < 1.29 is 8.42 Å². The van der Waals surface area contributed by atoms with Crippen LogP contribution in [-0.2, 0) is 9.84 Å². The molecule has 1 aliphatic rings. The van der Waals surface area contributed by atoms with Crippen LogP contribution in [0.2, 0.25) is 0 Å². The highest BCUT2D eigenvalue weighted by atomic mass is 32.2. The van der Waals surface area contributed by atoms with Gasteiger partial charge in [-0.3, -0.25) is 0 Å². The number of hydrogen-bond acceptors (Lipinski definition) is 5. The number of hydrogen-bond donors (Lipinski definition) is 0. The third kappa shape index (κ3) is 1.98. The molecule has 1 heterocycles. The molecule has 2 rings (SSSR count). The van der Waals surface area contributed by atoms with Crippen molar-refractivity contribution in [3.05, 3.63) is 18.0 Å². The first-order chi connectivity index (χ1) is 7.98. The summed E-state index contributed by atoms with van der Waals surface area (Å²) in [6, 6.07) is 3.48. The standard InChI is InChI=1S/C11H13N3O2S/c1-14(2)10-5-6-13-9(7-12)11(10)17(15,16)8-3-4-8/h5-6,8H,3-4H2,1-2H3. The van der Waals surface area contributed by atoms with Gasteiger partial charge in [-0.1, -0.05) is 0 Å². The lowest BCUT2D eigenvalue weighted by atomic mass is 10.3. The van der Waals surface area contributed by atoms with Gasteiger partial charge in [-0.25, -0.2) is 13.4 Å². The third-order valence-electron chi connectivity index (χ3n) is 2.72. The maximum Gasteiger partial charge on any atom is 0.186 e. The normalized spacial score (nSPS) is 15.4.